The van der Waals surface area contributed by atoms with Gasteiger partial charge in [0.05, 0.1) is 25.8 Å². The molecule has 1 aromatic heterocycles. The molecule has 124 valence electrons. The molecule has 0 aliphatic heterocycles. The zero-order valence-corrected chi connectivity index (χ0v) is 14.0. The Balaban J connectivity index is 1.51. The summed E-state index contributed by atoms with van der Waals surface area (Å²) < 4.78 is 10.8. The van der Waals surface area contributed by atoms with E-state index in [4.69, 9.17) is 9.47 Å². The number of methoxy groups -OCH3 is 1. The lowest BCUT2D eigenvalue weighted by Crippen LogP contribution is -2.11. The van der Waals surface area contributed by atoms with Gasteiger partial charge in [0.15, 0.2) is 0 Å². The van der Waals surface area contributed by atoms with E-state index in [1.54, 1.807) is 13.4 Å². The van der Waals surface area contributed by atoms with Gasteiger partial charge in [-0.1, -0.05) is 24.3 Å². The Morgan fingerprint density at radius 2 is 1.88 bits per heavy atom. The van der Waals surface area contributed by atoms with Crippen LogP contribution in [0, 0.1) is 6.92 Å². The Morgan fingerprint density at radius 3 is 2.67 bits per heavy atom. The number of rotatable bonds is 7. The lowest BCUT2D eigenvalue weighted by molar-refractivity contribution is 0.130. The summed E-state index contributed by atoms with van der Waals surface area (Å²) in [6.45, 7) is 3.92. The van der Waals surface area contributed by atoms with Gasteiger partial charge in [0.2, 0.25) is 0 Å². The highest BCUT2D eigenvalue weighted by molar-refractivity contribution is 5.90. The van der Waals surface area contributed by atoms with Crippen molar-refractivity contribution in [3.05, 3.63) is 59.9 Å². The minimum absolute atomic E-state index is 0.579. The quantitative estimate of drug-likeness (QED) is 0.674. The van der Waals surface area contributed by atoms with E-state index < -0.39 is 0 Å². The average Bonchev–Trinajstić information content (AvgIpc) is 2.62. The monoisotopic (exact) mass is 323 g/mol. The van der Waals surface area contributed by atoms with Crippen molar-refractivity contribution >= 4 is 16.7 Å². The molecule has 0 unspecified atom stereocenters. The lowest BCUT2D eigenvalue weighted by atomic mass is 10.1. The standard InChI is InChI=1S/C19H21N3O2/c1-14-4-3-5-17-18(14)21-13-22-19(17)20-10-11-24-12-15-6-8-16(23-2)9-7-15/h3-9,13H,10-12H2,1-2H3,(H,20,21,22). The number of fused-ring (bicyclic) bond motifs is 1. The predicted molar refractivity (Wildman–Crippen MR) is 95.4 cm³/mol. The summed E-state index contributed by atoms with van der Waals surface area (Å²) in [5.41, 5.74) is 3.25. The molecule has 0 spiro atoms. The molecule has 1 heterocycles. The summed E-state index contributed by atoms with van der Waals surface area (Å²) in [5, 5.41) is 4.36. The Bertz CT molecular complexity index is 803. The molecule has 0 saturated carbocycles. The number of nitrogens with one attached hydrogen (secondary N) is 1. The SMILES string of the molecule is COc1ccc(COCCNc2ncnc3c(C)cccc23)cc1. The molecule has 0 atom stereocenters. The summed E-state index contributed by atoms with van der Waals surface area (Å²) in [4.78, 5) is 8.68. The summed E-state index contributed by atoms with van der Waals surface area (Å²) in [6.07, 6.45) is 1.59. The van der Waals surface area contributed by atoms with Gasteiger partial charge < -0.3 is 14.8 Å². The fraction of sp³-hybridized carbons (Fsp3) is 0.263. The highest BCUT2D eigenvalue weighted by Gasteiger charge is 2.04. The lowest BCUT2D eigenvalue weighted by Gasteiger charge is -2.10. The van der Waals surface area contributed by atoms with Gasteiger partial charge in [-0.2, -0.15) is 0 Å². The van der Waals surface area contributed by atoms with Gasteiger partial charge >= 0.3 is 0 Å². The van der Waals surface area contributed by atoms with Crippen molar-refractivity contribution in [2.45, 2.75) is 13.5 Å². The van der Waals surface area contributed by atoms with E-state index in [2.05, 4.69) is 28.3 Å². The molecule has 5 nitrogen and oxygen atoms in total. The van der Waals surface area contributed by atoms with Gasteiger partial charge in [0.1, 0.15) is 17.9 Å². The van der Waals surface area contributed by atoms with Gasteiger partial charge in [-0.25, -0.2) is 9.97 Å². The molecule has 0 aliphatic rings. The molecule has 2 aromatic carbocycles. The Kier molecular flexibility index (Phi) is 5.23. The number of aromatic nitrogens is 2. The fourth-order valence-corrected chi connectivity index (χ4v) is 2.53. The Labute approximate surface area is 141 Å². The number of nitrogens with zero attached hydrogens (tertiary/aromatic N) is 2. The summed E-state index contributed by atoms with van der Waals surface area (Å²) >= 11 is 0. The third kappa shape index (κ3) is 3.81. The average molecular weight is 323 g/mol. The molecule has 5 heteroatoms. The zero-order chi connectivity index (χ0) is 16.8. The maximum Gasteiger partial charge on any atom is 0.137 e. The second-order valence-electron chi connectivity index (χ2n) is 5.52. The molecular weight excluding hydrogens is 302 g/mol. The molecular formula is C19H21N3O2. The Morgan fingerprint density at radius 1 is 1.04 bits per heavy atom. The van der Waals surface area contributed by atoms with Crippen molar-refractivity contribution in [3.63, 3.8) is 0 Å². The normalized spacial score (nSPS) is 10.8. The number of aryl methyl sites for hydroxylation is 1. The van der Waals surface area contributed by atoms with Crippen LogP contribution in [0.2, 0.25) is 0 Å². The number of ether oxygens (including phenoxy) is 2. The van der Waals surface area contributed by atoms with Crippen molar-refractivity contribution in [1.29, 1.82) is 0 Å². The summed E-state index contributed by atoms with van der Waals surface area (Å²) in [7, 11) is 1.66. The van der Waals surface area contributed by atoms with Crippen molar-refractivity contribution in [1.82, 2.24) is 9.97 Å². The smallest absolute Gasteiger partial charge is 0.137 e. The van der Waals surface area contributed by atoms with E-state index in [1.807, 2.05) is 36.4 Å². The molecule has 1 N–H and O–H groups in total. The van der Waals surface area contributed by atoms with E-state index in [1.165, 1.54) is 0 Å². The largest absolute Gasteiger partial charge is 0.497 e. The number of benzene rings is 2. The van der Waals surface area contributed by atoms with Crippen molar-refractivity contribution in [3.8, 4) is 5.75 Å². The van der Waals surface area contributed by atoms with Crippen LogP contribution in [-0.4, -0.2) is 30.2 Å². The van der Waals surface area contributed by atoms with Crippen LogP contribution in [0.1, 0.15) is 11.1 Å². The van der Waals surface area contributed by atoms with E-state index in [0.717, 1.165) is 33.6 Å². The highest BCUT2D eigenvalue weighted by Crippen LogP contribution is 2.21. The van der Waals surface area contributed by atoms with Gasteiger partial charge in [-0.3, -0.25) is 0 Å². The van der Waals surface area contributed by atoms with Crippen LogP contribution in [0.5, 0.6) is 5.75 Å². The molecule has 0 fully saturated rings. The van der Waals surface area contributed by atoms with Crippen LogP contribution in [0.15, 0.2) is 48.8 Å². The number of para-hydroxylation sites is 1. The molecule has 0 bridgehead atoms. The summed E-state index contributed by atoms with van der Waals surface area (Å²) in [6, 6.07) is 14.0. The highest BCUT2D eigenvalue weighted by atomic mass is 16.5. The predicted octanol–water partition coefficient (Wildman–Crippen LogP) is 3.58. The molecule has 0 saturated heterocycles. The van der Waals surface area contributed by atoms with E-state index >= 15 is 0 Å². The number of anilines is 1. The van der Waals surface area contributed by atoms with Gasteiger partial charge in [-0.15, -0.1) is 0 Å². The first kappa shape index (κ1) is 16.2. The van der Waals surface area contributed by atoms with Crippen LogP contribution in [-0.2, 0) is 11.3 Å². The van der Waals surface area contributed by atoms with Gasteiger partial charge in [0.25, 0.3) is 0 Å². The molecule has 0 radical (unpaired) electrons. The third-order valence-electron chi connectivity index (χ3n) is 3.83. The van der Waals surface area contributed by atoms with Gasteiger partial charge in [-0.05, 0) is 36.2 Å². The van der Waals surface area contributed by atoms with Crippen LogP contribution in [0.25, 0.3) is 10.9 Å². The minimum atomic E-state index is 0.579. The van der Waals surface area contributed by atoms with Crippen molar-refractivity contribution < 1.29 is 9.47 Å². The van der Waals surface area contributed by atoms with Crippen LogP contribution < -0.4 is 10.1 Å². The fourth-order valence-electron chi connectivity index (χ4n) is 2.53. The minimum Gasteiger partial charge on any atom is -0.497 e. The van der Waals surface area contributed by atoms with E-state index in [-0.39, 0.29) is 0 Å². The van der Waals surface area contributed by atoms with Crippen LogP contribution in [0.4, 0.5) is 5.82 Å². The van der Waals surface area contributed by atoms with Crippen LogP contribution in [0.3, 0.4) is 0 Å². The first-order valence-corrected chi connectivity index (χ1v) is 7.93. The second-order valence-corrected chi connectivity index (χ2v) is 5.52. The summed E-state index contributed by atoms with van der Waals surface area (Å²) in [5.74, 6) is 1.70. The molecule has 0 aliphatic carbocycles. The maximum absolute atomic E-state index is 5.70. The van der Waals surface area contributed by atoms with Crippen LogP contribution >= 0.6 is 0 Å². The zero-order valence-electron chi connectivity index (χ0n) is 14.0. The maximum atomic E-state index is 5.70. The second kappa shape index (κ2) is 7.75. The molecule has 3 aromatic rings. The van der Waals surface area contributed by atoms with E-state index in [0.29, 0.717) is 19.8 Å². The first-order valence-electron chi connectivity index (χ1n) is 7.93. The van der Waals surface area contributed by atoms with Gasteiger partial charge in [0, 0.05) is 11.9 Å². The first-order chi connectivity index (χ1) is 11.8. The number of hydrogen-bond donors (Lipinski definition) is 1. The molecule has 3 rings (SSSR count). The van der Waals surface area contributed by atoms with Crippen molar-refractivity contribution in [2.75, 3.05) is 25.6 Å². The topological polar surface area (TPSA) is 56.3 Å². The Hall–Kier alpha value is -2.66. The van der Waals surface area contributed by atoms with Crippen molar-refractivity contribution in [2.24, 2.45) is 0 Å². The number of hydrogen-bond acceptors (Lipinski definition) is 5. The van der Waals surface area contributed by atoms with E-state index in [9.17, 15) is 0 Å². The molecule has 24 heavy (non-hydrogen) atoms. The molecule has 0 amide bonds. The third-order valence-corrected chi connectivity index (χ3v) is 3.83.